The van der Waals surface area contributed by atoms with Crippen molar-refractivity contribution < 1.29 is 14.2 Å². The molecule has 0 amide bonds. The molecule has 2 aromatic rings. The van der Waals surface area contributed by atoms with Crippen LogP contribution in [0.4, 0.5) is 0 Å². The number of benzene rings is 1. The Bertz CT molecular complexity index is 952. The Balaban J connectivity index is 1.93. The van der Waals surface area contributed by atoms with Gasteiger partial charge >= 0.3 is 0 Å². The van der Waals surface area contributed by atoms with Crippen molar-refractivity contribution in [2.75, 3.05) is 6.26 Å². The molecule has 2 heterocycles. The third-order valence-corrected chi connectivity index (χ3v) is 8.11. The second kappa shape index (κ2) is 11.6. The van der Waals surface area contributed by atoms with Crippen LogP contribution in [0.3, 0.4) is 0 Å². The van der Waals surface area contributed by atoms with Crippen molar-refractivity contribution >= 4 is 11.8 Å². The monoisotopic (exact) mass is 503 g/mol. The van der Waals surface area contributed by atoms with E-state index in [9.17, 15) is 0 Å². The zero-order valence-corrected chi connectivity index (χ0v) is 22.9. The van der Waals surface area contributed by atoms with Crippen molar-refractivity contribution in [3.05, 3.63) is 53.9 Å². The Labute approximate surface area is 214 Å². The molecule has 0 aliphatic carbocycles. The van der Waals surface area contributed by atoms with Gasteiger partial charge < -0.3 is 19.9 Å². The van der Waals surface area contributed by atoms with Gasteiger partial charge in [0.2, 0.25) is 5.91 Å². The summed E-state index contributed by atoms with van der Waals surface area (Å²) in [6.45, 7) is 13.0. The lowest BCUT2D eigenvalue weighted by atomic mass is 9.88. The van der Waals surface area contributed by atoms with Crippen LogP contribution >= 0.6 is 11.8 Å². The molecule has 1 aromatic carbocycles. The topological polar surface area (TPSA) is 104 Å². The van der Waals surface area contributed by atoms with Gasteiger partial charge in [0.15, 0.2) is 5.72 Å². The quantitative estimate of drug-likeness (QED) is 0.467. The lowest BCUT2D eigenvalue weighted by Crippen LogP contribution is -2.77. The standard InChI is InChI=1S/C26H41N5O3S/c1-8-25(27)24(6,32-15-21-12-10-9-11-19(21)4)23(35-7)33-26(34-25,31-20(5)18(2)3)14-13-22-29-16-28-17-30-22/h9-12,16-18,20,23,31H,8,13-15,27H2,1-7H3. The Morgan fingerprint density at radius 2 is 1.89 bits per heavy atom. The maximum absolute atomic E-state index is 7.08. The fraction of sp³-hybridized carbons (Fsp3) is 0.654. The Morgan fingerprint density at radius 1 is 1.20 bits per heavy atom. The first-order valence-corrected chi connectivity index (χ1v) is 13.6. The molecule has 8 nitrogen and oxygen atoms in total. The maximum atomic E-state index is 7.08. The molecule has 3 rings (SSSR count). The normalized spacial score (nSPS) is 29.9. The lowest BCUT2D eigenvalue weighted by Gasteiger charge is -2.58. The zero-order chi connectivity index (χ0) is 25.7. The second-order valence-corrected chi connectivity index (χ2v) is 10.7. The van der Waals surface area contributed by atoms with E-state index in [2.05, 4.69) is 60.1 Å². The number of thioether (sulfide) groups is 1. The van der Waals surface area contributed by atoms with Gasteiger partial charge in [0.1, 0.15) is 29.5 Å². The summed E-state index contributed by atoms with van der Waals surface area (Å²) in [6.07, 6.45) is 6.59. The molecular formula is C26H41N5O3S. The third-order valence-electron chi connectivity index (χ3n) is 7.13. The third kappa shape index (κ3) is 6.21. The van der Waals surface area contributed by atoms with E-state index >= 15 is 0 Å². The van der Waals surface area contributed by atoms with Crippen molar-refractivity contribution in [2.24, 2.45) is 11.7 Å². The SMILES string of the molecule is CCC1(N)OC(CCc2ncncn2)(NC(C)C(C)C)OC(SC)C1(C)OCc1ccccc1C. The fourth-order valence-corrected chi connectivity index (χ4v) is 5.19. The van der Waals surface area contributed by atoms with Gasteiger partial charge in [-0.25, -0.2) is 15.0 Å². The summed E-state index contributed by atoms with van der Waals surface area (Å²) in [5, 5.41) is 3.61. The largest absolute Gasteiger partial charge is 0.362 e. The van der Waals surface area contributed by atoms with Crippen LogP contribution in [-0.2, 0) is 27.2 Å². The highest BCUT2D eigenvalue weighted by Crippen LogP contribution is 2.47. The molecule has 0 radical (unpaired) electrons. The number of hydrogen-bond acceptors (Lipinski definition) is 9. The maximum Gasteiger partial charge on any atom is 0.231 e. The predicted molar refractivity (Wildman–Crippen MR) is 139 cm³/mol. The smallest absolute Gasteiger partial charge is 0.231 e. The van der Waals surface area contributed by atoms with Crippen LogP contribution in [0, 0.1) is 12.8 Å². The minimum absolute atomic E-state index is 0.120. The van der Waals surface area contributed by atoms with Crippen LogP contribution in [0.5, 0.6) is 0 Å². The van der Waals surface area contributed by atoms with Gasteiger partial charge in [0.25, 0.3) is 0 Å². The van der Waals surface area contributed by atoms with Crippen molar-refractivity contribution in [1.29, 1.82) is 0 Å². The molecule has 35 heavy (non-hydrogen) atoms. The molecule has 1 fully saturated rings. The minimum atomic E-state index is -1.12. The summed E-state index contributed by atoms with van der Waals surface area (Å²) in [5.41, 5.74) is 6.98. The van der Waals surface area contributed by atoms with E-state index < -0.39 is 17.2 Å². The summed E-state index contributed by atoms with van der Waals surface area (Å²) in [7, 11) is 0. The Hall–Kier alpha value is -1.62. The molecular weight excluding hydrogens is 462 g/mol. The van der Waals surface area contributed by atoms with Crippen LogP contribution in [-0.4, -0.2) is 49.9 Å². The molecule has 1 aromatic heterocycles. The summed E-state index contributed by atoms with van der Waals surface area (Å²) in [6, 6.07) is 8.33. The molecule has 0 spiro atoms. The molecule has 5 unspecified atom stereocenters. The molecule has 3 N–H and O–H groups in total. The van der Waals surface area contributed by atoms with Crippen LogP contribution < -0.4 is 11.1 Å². The molecule has 194 valence electrons. The first kappa shape index (κ1) is 28.0. The number of nitrogens with zero attached hydrogens (tertiary/aromatic N) is 3. The van der Waals surface area contributed by atoms with Gasteiger partial charge in [-0.1, -0.05) is 45.0 Å². The number of aryl methyl sites for hydroxylation is 2. The Morgan fingerprint density at radius 3 is 2.49 bits per heavy atom. The van der Waals surface area contributed by atoms with E-state index in [0.29, 0.717) is 37.6 Å². The van der Waals surface area contributed by atoms with Crippen molar-refractivity contribution in [1.82, 2.24) is 20.3 Å². The highest BCUT2D eigenvalue weighted by molar-refractivity contribution is 7.99. The van der Waals surface area contributed by atoms with Gasteiger partial charge in [0.05, 0.1) is 6.61 Å². The molecule has 0 saturated carbocycles. The van der Waals surface area contributed by atoms with E-state index in [1.54, 1.807) is 11.8 Å². The summed E-state index contributed by atoms with van der Waals surface area (Å²) < 4.78 is 20.1. The van der Waals surface area contributed by atoms with Gasteiger partial charge in [0, 0.05) is 18.9 Å². The van der Waals surface area contributed by atoms with E-state index in [1.165, 1.54) is 18.2 Å². The van der Waals surface area contributed by atoms with E-state index in [-0.39, 0.29) is 11.5 Å². The second-order valence-electron chi connectivity index (χ2n) is 9.84. The summed E-state index contributed by atoms with van der Waals surface area (Å²) in [5.74, 6) is -0.0850. The summed E-state index contributed by atoms with van der Waals surface area (Å²) in [4.78, 5) is 12.5. The average Bonchev–Trinajstić information content (AvgIpc) is 2.85. The Kier molecular flexibility index (Phi) is 9.28. The molecule has 1 aliphatic heterocycles. The minimum Gasteiger partial charge on any atom is -0.362 e. The highest BCUT2D eigenvalue weighted by Gasteiger charge is 2.62. The fourth-order valence-electron chi connectivity index (χ4n) is 4.22. The molecule has 0 bridgehead atoms. The summed E-state index contributed by atoms with van der Waals surface area (Å²) >= 11 is 1.58. The van der Waals surface area contributed by atoms with Crippen molar-refractivity contribution in [3.63, 3.8) is 0 Å². The average molecular weight is 504 g/mol. The highest BCUT2D eigenvalue weighted by atomic mass is 32.2. The number of hydrogen-bond donors (Lipinski definition) is 2. The van der Waals surface area contributed by atoms with Gasteiger partial charge in [-0.2, -0.15) is 0 Å². The molecule has 1 saturated heterocycles. The van der Waals surface area contributed by atoms with Crippen LogP contribution in [0.15, 0.2) is 36.9 Å². The number of ether oxygens (including phenoxy) is 3. The molecule has 9 heteroatoms. The first-order chi connectivity index (χ1) is 16.6. The zero-order valence-electron chi connectivity index (χ0n) is 22.1. The van der Waals surface area contributed by atoms with E-state index in [1.807, 2.05) is 32.2 Å². The number of nitrogens with one attached hydrogen (secondary N) is 1. The number of aromatic nitrogens is 3. The van der Waals surface area contributed by atoms with E-state index in [4.69, 9.17) is 19.9 Å². The van der Waals surface area contributed by atoms with Crippen molar-refractivity contribution in [2.45, 2.75) is 96.1 Å². The van der Waals surface area contributed by atoms with Gasteiger partial charge in [-0.05, 0) is 50.5 Å². The van der Waals surface area contributed by atoms with Crippen molar-refractivity contribution in [3.8, 4) is 0 Å². The predicted octanol–water partition coefficient (Wildman–Crippen LogP) is 4.18. The van der Waals surface area contributed by atoms with Crippen LogP contribution in [0.1, 0.15) is 64.4 Å². The number of rotatable bonds is 11. The number of nitrogens with two attached hydrogens (primary N) is 1. The molecule has 1 aliphatic rings. The van der Waals surface area contributed by atoms with Gasteiger partial charge in [-0.3, -0.25) is 5.32 Å². The van der Waals surface area contributed by atoms with E-state index in [0.717, 1.165) is 5.56 Å². The molecule has 5 atom stereocenters. The first-order valence-electron chi connectivity index (χ1n) is 12.3. The van der Waals surface area contributed by atoms with Crippen LogP contribution in [0.2, 0.25) is 0 Å². The van der Waals surface area contributed by atoms with Crippen LogP contribution in [0.25, 0.3) is 0 Å². The lowest BCUT2D eigenvalue weighted by molar-refractivity contribution is -0.413. The van der Waals surface area contributed by atoms with Gasteiger partial charge in [-0.15, -0.1) is 11.8 Å².